The predicted octanol–water partition coefficient (Wildman–Crippen LogP) is 5.05. The number of hydrogen-bond donors (Lipinski definition) is 0. The maximum absolute atomic E-state index is 14.9. The molecule has 0 atom stereocenters. The minimum absolute atomic E-state index is 0.0888. The molecular formula is C21H16F2IN3. The molecule has 4 rings (SSSR count). The first-order valence-electron chi connectivity index (χ1n) is 8.44. The molecule has 0 amide bonds. The minimum atomic E-state index is -0.644. The third-order valence-corrected chi connectivity index (χ3v) is 5.26. The first-order valence-corrected chi connectivity index (χ1v) is 9.52. The number of hydrogen-bond acceptors (Lipinski definition) is 2. The lowest BCUT2D eigenvalue weighted by molar-refractivity contribution is 0.403. The second-order valence-electron chi connectivity index (χ2n) is 7.02. The molecule has 0 spiro atoms. The van der Waals surface area contributed by atoms with E-state index in [1.165, 1.54) is 12.1 Å². The number of nitrogens with zero attached hydrogens (tertiary/aromatic N) is 3. The molecule has 136 valence electrons. The molecule has 1 aromatic heterocycles. The van der Waals surface area contributed by atoms with Crippen molar-refractivity contribution >= 4 is 34.2 Å². The van der Waals surface area contributed by atoms with E-state index in [0.717, 1.165) is 9.26 Å². The van der Waals surface area contributed by atoms with Gasteiger partial charge in [-0.15, -0.1) is 0 Å². The van der Waals surface area contributed by atoms with Crippen LogP contribution in [0, 0.1) is 27.2 Å². The average molecular weight is 475 g/mol. The molecule has 27 heavy (non-hydrogen) atoms. The molecule has 6 heteroatoms. The summed E-state index contributed by atoms with van der Waals surface area (Å²) in [5.41, 5.74) is 0.691. The molecular weight excluding hydrogens is 459 g/mol. The summed E-state index contributed by atoms with van der Waals surface area (Å²) >= 11 is 2.18. The Balaban J connectivity index is 1.73. The number of imidazole rings is 1. The topological polar surface area (TPSA) is 21.1 Å². The van der Waals surface area contributed by atoms with E-state index in [0.29, 0.717) is 18.1 Å². The highest BCUT2D eigenvalue weighted by Crippen LogP contribution is 2.41. The van der Waals surface area contributed by atoms with Crippen molar-refractivity contribution in [1.82, 2.24) is 9.55 Å². The fraction of sp³-hybridized carbons (Fsp3) is 0.190. The van der Waals surface area contributed by atoms with Gasteiger partial charge in [-0.3, -0.25) is 4.57 Å². The summed E-state index contributed by atoms with van der Waals surface area (Å²) in [6, 6.07) is 11.9. The van der Waals surface area contributed by atoms with Gasteiger partial charge in [0.1, 0.15) is 9.39 Å². The van der Waals surface area contributed by atoms with Crippen molar-refractivity contribution in [2.45, 2.75) is 19.4 Å². The maximum atomic E-state index is 14.9. The molecule has 1 aliphatic rings. The monoisotopic (exact) mass is 475 g/mol. The van der Waals surface area contributed by atoms with Crippen molar-refractivity contribution in [3.8, 4) is 11.8 Å². The van der Waals surface area contributed by atoms with Crippen LogP contribution in [0.5, 0.6) is 0 Å². The Morgan fingerprint density at radius 3 is 2.33 bits per heavy atom. The predicted molar refractivity (Wildman–Crippen MR) is 110 cm³/mol. The summed E-state index contributed by atoms with van der Waals surface area (Å²) in [4.78, 5) is 5.95. The van der Waals surface area contributed by atoms with Gasteiger partial charge in [-0.05, 0) is 60.7 Å². The summed E-state index contributed by atoms with van der Waals surface area (Å²) in [7, 11) is 0. The summed E-state index contributed by atoms with van der Waals surface area (Å²) in [5.74, 6) is 5.01. The molecule has 0 bridgehead atoms. The van der Waals surface area contributed by atoms with E-state index in [-0.39, 0.29) is 11.2 Å². The Morgan fingerprint density at radius 1 is 1.04 bits per heavy atom. The van der Waals surface area contributed by atoms with Gasteiger partial charge in [0.2, 0.25) is 5.95 Å². The molecule has 0 saturated carbocycles. The number of fused-ring (bicyclic) bond motifs is 1. The van der Waals surface area contributed by atoms with Crippen molar-refractivity contribution in [2.24, 2.45) is 0 Å². The molecule has 0 fully saturated rings. The van der Waals surface area contributed by atoms with Crippen LogP contribution in [0.2, 0.25) is 0 Å². The van der Waals surface area contributed by atoms with E-state index in [1.807, 2.05) is 48.7 Å². The van der Waals surface area contributed by atoms with Gasteiger partial charge in [-0.1, -0.05) is 30.0 Å². The summed E-state index contributed by atoms with van der Waals surface area (Å²) < 4.78 is 32.6. The van der Waals surface area contributed by atoms with Crippen LogP contribution >= 0.6 is 22.6 Å². The largest absolute Gasteiger partial charge is 0.304 e. The molecule has 0 aliphatic carbocycles. The van der Waals surface area contributed by atoms with Crippen molar-refractivity contribution in [3.63, 3.8) is 0 Å². The zero-order valence-corrected chi connectivity index (χ0v) is 17.0. The second kappa shape index (κ2) is 6.64. The highest BCUT2D eigenvalue weighted by atomic mass is 127. The number of aromatic nitrogens is 2. The quantitative estimate of drug-likeness (QED) is 0.363. The van der Waals surface area contributed by atoms with Crippen LogP contribution in [0.3, 0.4) is 0 Å². The molecule has 2 aromatic carbocycles. The first kappa shape index (κ1) is 18.0. The molecule has 3 aromatic rings. The van der Waals surface area contributed by atoms with Crippen LogP contribution in [0.25, 0.3) is 0 Å². The van der Waals surface area contributed by atoms with Gasteiger partial charge < -0.3 is 4.90 Å². The van der Waals surface area contributed by atoms with Crippen LogP contribution < -0.4 is 4.90 Å². The van der Waals surface area contributed by atoms with Gasteiger partial charge in [0.25, 0.3) is 0 Å². The number of rotatable bonds is 1. The SMILES string of the molecule is CC1(C)CN(c2c(F)cc(C#Cc3ccccc3)cc2F)c2ncc(I)n21. The highest BCUT2D eigenvalue weighted by Gasteiger charge is 2.39. The van der Waals surface area contributed by atoms with E-state index in [9.17, 15) is 8.78 Å². The molecule has 0 radical (unpaired) electrons. The van der Waals surface area contributed by atoms with Gasteiger partial charge in [0.15, 0.2) is 11.6 Å². The van der Waals surface area contributed by atoms with E-state index in [4.69, 9.17) is 0 Å². The maximum Gasteiger partial charge on any atom is 0.211 e. The molecule has 0 unspecified atom stereocenters. The Kier molecular flexibility index (Phi) is 4.42. The Labute approximate surface area is 170 Å². The standard InChI is InChI=1S/C21H16F2IN3/c1-21(2)13-26(20-25-12-18(24)27(20)21)19-16(22)10-15(11-17(19)23)9-8-14-6-4-3-5-7-14/h3-7,10-12H,13H2,1-2H3. The number of anilines is 2. The second-order valence-corrected chi connectivity index (χ2v) is 8.12. The van der Waals surface area contributed by atoms with E-state index < -0.39 is 11.6 Å². The van der Waals surface area contributed by atoms with Crippen LogP contribution in [0.1, 0.15) is 25.0 Å². The number of benzene rings is 2. The minimum Gasteiger partial charge on any atom is -0.304 e. The lowest BCUT2D eigenvalue weighted by Gasteiger charge is -2.23. The fourth-order valence-electron chi connectivity index (χ4n) is 3.34. The molecule has 1 aliphatic heterocycles. The van der Waals surface area contributed by atoms with Gasteiger partial charge in [-0.25, -0.2) is 13.8 Å². The van der Waals surface area contributed by atoms with E-state index in [1.54, 1.807) is 11.1 Å². The van der Waals surface area contributed by atoms with Crippen LogP contribution in [-0.2, 0) is 5.54 Å². The molecule has 0 N–H and O–H groups in total. The van der Waals surface area contributed by atoms with Crippen molar-refractivity contribution in [3.05, 3.63) is 75.1 Å². The Morgan fingerprint density at radius 2 is 1.67 bits per heavy atom. The van der Waals surface area contributed by atoms with Crippen LogP contribution in [-0.4, -0.2) is 16.1 Å². The highest BCUT2D eigenvalue weighted by molar-refractivity contribution is 14.1. The summed E-state index contributed by atoms with van der Waals surface area (Å²) in [5, 5.41) is 0. The van der Waals surface area contributed by atoms with Gasteiger partial charge in [0, 0.05) is 17.7 Å². The van der Waals surface area contributed by atoms with Gasteiger partial charge in [0.05, 0.1) is 11.7 Å². The lowest BCUT2D eigenvalue weighted by atomic mass is 10.1. The van der Waals surface area contributed by atoms with E-state index >= 15 is 0 Å². The van der Waals surface area contributed by atoms with Crippen LogP contribution in [0.4, 0.5) is 20.4 Å². The summed E-state index contributed by atoms with van der Waals surface area (Å²) in [6.07, 6.45) is 1.71. The fourth-order valence-corrected chi connectivity index (χ4v) is 4.35. The van der Waals surface area contributed by atoms with Gasteiger partial charge >= 0.3 is 0 Å². The zero-order valence-electron chi connectivity index (χ0n) is 14.8. The smallest absolute Gasteiger partial charge is 0.211 e. The molecule has 2 heterocycles. The Hall–Kier alpha value is -2.40. The van der Waals surface area contributed by atoms with Crippen molar-refractivity contribution in [2.75, 3.05) is 11.4 Å². The normalized spacial score (nSPS) is 14.6. The third kappa shape index (κ3) is 3.21. The summed E-state index contributed by atoms with van der Waals surface area (Å²) in [6.45, 7) is 4.49. The van der Waals surface area contributed by atoms with Crippen molar-refractivity contribution < 1.29 is 8.78 Å². The lowest BCUT2D eigenvalue weighted by Crippen LogP contribution is -2.30. The zero-order chi connectivity index (χ0) is 19.2. The number of halogens is 3. The Bertz CT molecular complexity index is 1050. The third-order valence-electron chi connectivity index (χ3n) is 4.50. The molecule has 3 nitrogen and oxygen atoms in total. The van der Waals surface area contributed by atoms with E-state index in [2.05, 4.69) is 39.4 Å². The molecule has 0 saturated heterocycles. The average Bonchev–Trinajstić information content (AvgIpc) is 3.13. The first-order chi connectivity index (χ1) is 12.9. The van der Waals surface area contributed by atoms with Crippen molar-refractivity contribution in [1.29, 1.82) is 0 Å². The van der Waals surface area contributed by atoms with Gasteiger partial charge in [-0.2, -0.15) is 0 Å². The van der Waals surface area contributed by atoms with Crippen LogP contribution in [0.15, 0.2) is 48.7 Å².